The summed E-state index contributed by atoms with van der Waals surface area (Å²) in [6, 6.07) is 4.26. The highest BCUT2D eigenvalue weighted by Crippen LogP contribution is 2.31. The minimum Gasteiger partial charge on any atom is -0.439 e. The Bertz CT molecular complexity index is 644. The standard InChI is InChI=1S/C17H25N3O/c1-7-18-10-15-14(5)19-20(6)17(15)21-16-9-11(2)8-12(3)13(16)4/h8-9,18H,7,10H2,1-6H3. The predicted molar refractivity (Wildman–Crippen MR) is 86.1 cm³/mol. The van der Waals surface area contributed by atoms with E-state index < -0.39 is 0 Å². The molecular weight excluding hydrogens is 262 g/mol. The first-order valence-corrected chi connectivity index (χ1v) is 7.43. The summed E-state index contributed by atoms with van der Waals surface area (Å²) >= 11 is 0. The normalized spacial score (nSPS) is 11.0. The molecule has 1 heterocycles. The van der Waals surface area contributed by atoms with Crippen LogP contribution in [0.4, 0.5) is 0 Å². The Kier molecular flexibility index (Phi) is 4.68. The van der Waals surface area contributed by atoms with Crippen LogP contribution in [0.5, 0.6) is 11.6 Å². The van der Waals surface area contributed by atoms with Crippen molar-refractivity contribution < 1.29 is 4.74 Å². The molecule has 0 amide bonds. The summed E-state index contributed by atoms with van der Waals surface area (Å²) in [4.78, 5) is 0. The lowest BCUT2D eigenvalue weighted by molar-refractivity contribution is 0.421. The molecule has 0 aliphatic rings. The van der Waals surface area contributed by atoms with Gasteiger partial charge in [-0.15, -0.1) is 0 Å². The fourth-order valence-corrected chi connectivity index (χ4v) is 2.47. The first kappa shape index (κ1) is 15.6. The summed E-state index contributed by atoms with van der Waals surface area (Å²) in [5, 5.41) is 7.84. The number of aromatic nitrogens is 2. The van der Waals surface area contributed by atoms with Gasteiger partial charge in [0, 0.05) is 13.6 Å². The molecule has 0 radical (unpaired) electrons. The van der Waals surface area contributed by atoms with Crippen LogP contribution >= 0.6 is 0 Å². The van der Waals surface area contributed by atoms with Crippen LogP contribution in [-0.4, -0.2) is 16.3 Å². The average Bonchev–Trinajstić information content (AvgIpc) is 2.67. The van der Waals surface area contributed by atoms with Crippen molar-refractivity contribution in [1.82, 2.24) is 15.1 Å². The fraction of sp³-hybridized carbons (Fsp3) is 0.471. The number of benzene rings is 1. The van der Waals surface area contributed by atoms with Crippen molar-refractivity contribution in [3.05, 3.63) is 40.1 Å². The fourth-order valence-electron chi connectivity index (χ4n) is 2.47. The van der Waals surface area contributed by atoms with Gasteiger partial charge in [-0.05, 0) is 57.0 Å². The van der Waals surface area contributed by atoms with Gasteiger partial charge in [-0.2, -0.15) is 5.10 Å². The Labute approximate surface area is 127 Å². The lowest BCUT2D eigenvalue weighted by Crippen LogP contribution is -2.13. The molecular formula is C17H25N3O. The van der Waals surface area contributed by atoms with Gasteiger partial charge in [-0.1, -0.05) is 13.0 Å². The van der Waals surface area contributed by atoms with Gasteiger partial charge >= 0.3 is 0 Å². The van der Waals surface area contributed by atoms with E-state index in [0.29, 0.717) is 0 Å². The molecule has 0 bridgehead atoms. The number of aryl methyl sites for hydroxylation is 4. The zero-order valence-corrected chi connectivity index (χ0v) is 13.9. The van der Waals surface area contributed by atoms with E-state index in [1.54, 1.807) is 0 Å². The number of hydrogen-bond donors (Lipinski definition) is 1. The lowest BCUT2D eigenvalue weighted by atomic mass is 10.1. The van der Waals surface area contributed by atoms with Crippen LogP contribution in [0.3, 0.4) is 0 Å². The van der Waals surface area contributed by atoms with Gasteiger partial charge in [0.1, 0.15) is 5.75 Å². The van der Waals surface area contributed by atoms with E-state index in [1.165, 1.54) is 16.7 Å². The zero-order valence-electron chi connectivity index (χ0n) is 13.9. The molecule has 2 aromatic rings. The summed E-state index contributed by atoms with van der Waals surface area (Å²) in [7, 11) is 1.93. The molecule has 0 atom stereocenters. The van der Waals surface area contributed by atoms with Crippen LogP contribution in [0.2, 0.25) is 0 Å². The Morgan fingerprint density at radius 1 is 1.19 bits per heavy atom. The van der Waals surface area contributed by atoms with Crippen molar-refractivity contribution in [3.8, 4) is 11.6 Å². The largest absolute Gasteiger partial charge is 0.439 e. The molecule has 21 heavy (non-hydrogen) atoms. The number of ether oxygens (including phenoxy) is 1. The number of hydrogen-bond acceptors (Lipinski definition) is 3. The van der Waals surface area contributed by atoms with Gasteiger partial charge in [-0.25, -0.2) is 4.68 Å². The minimum atomic E-state index is 0.773. The van der Waals surface area contributed by atoms with Crippen molar-refractivity contribution >= 4 is 0 Å². The van der Waals surface area contributed by atoms with Gasteiger partial charge in [0.2, 0.25) is 5.88 Å². The van der Waals surface area contributed by atoms with Crippen LogP contribution in [0, 0.1) is 27.7 Å². The van der Waals surface area contributed by atoms with Crippen LogP contribution < -0.4 is 10.1 Å². The summed E-state index contributed by atoms with van der Waals surface area (Å²) < 4.78 is 8.03. The Hall–Kier alpha value is -1.81. The van der Waals surface area contributed by atoms with Crippen molar-refractivity contribution in [3.63, 3.8) is 0 Å². The smallest absolute Gasteiger partial charge is 0.222 e. The second-order valence-corrected chi connectivity index (χ2v) is 5.58. The summed E-state index contributed by atoms with van der Waals surface area (Å²) in [6.07, 6.45) is 0. The second kappa shape index (κ2) is 6.31. The Morgan fingerprint density at radius 3 is 2.57 bits per heavy atom. The highest BCUT2D eigenvalue weighted by atomic mass is 16.5. The Balaban J connectivity index is 2.40. The third-order valence-corrected chi connectivity index (χ3v) is 3.81. The van der Waals surface area contributed by atoms with Gasteiger partial charge in [-0.3, -0.25) is 0 Å². The topological polar surface area (TPSA) is 39.1 Å². The Morgan fingerprint density at radius 2 is 1.90 bits per heavy atom. The second-order valence-electron chi connectivity index (χ2n) is 5.58. The maximum Gasteiger partial charge on any atom is 0.222 e. The summed E-state index contributed by atoms with van der Waals surface area (Å²) in [6.45, 7) is 12.1. The highest BCUT2D eigenvalue weighted by molar-refractivity contribution is 5.45. The molecule has 1 N–H and O–H groups in total. The first-order chi connectivity index (χ1) is 9.93. The van der Waals surface area contributed by atoms with E-state index in [0.717, 1.165) is 36.0 Å². The highest BCUT2D eigenvalue weighted by Gasteiger charge is 2.16. The van der Waals surface area contributed by atoms with Gasteiger partial charge < -0.3 is 10.1 Å². The van der Waals surface area contributed by atoms with E-state index in [-0.39, 0.29) is 0 Å². The number of nitrogens with one attached hydrogen (secondary N) is 1. The van der Waals surface area contributed by atoms with Crippen LogP contribution in [0.25, 0.3) is 0 Å². The predicted octanol–water partition coefficient (Wildman–Crippen LogP) is 3.56. The monoisotopic (exact) mass is 287 g/mol. The SMILES string of the molecule is CCNCc1c(C)nn(C)c1Oc1cc(C)cc(C)c1C. The van der Waals surface area contributed by atoms with Crippen molar-refractivity contribution in [2.45, 2.75) is 41.2 Å². The van der Waals surface area contributed by atoms with Gasteiger partial charge in [0.15, 0.2) is 0 Å². The lowest BCUT2D eigenvalue weighted by Gasteiger charge is -2.13. The molecule has 2 rings (SSSR count). The molecule has 1 aromatic carbocycles. The number of nitrogens with zero attached hydrogens (tertiary/aromatic N) is 2. The van der Waals surface area contributed by atoms with Crippen molar-refractivity contribution in [2.75, 3.05) is 6.54 Å². The molecule has 0 fully saturated rings. The van der Waals surface area contributed by atoms with E-state index >= 15 is 0 Å². The first-order valence-electron chi connectivity index (χ1n) is 7.43. The summed E-state index contributed by atoms with van der Waals surface area (Å²) in [5.41, 5.74) is 5.76. The quantitative estimate of drug-likeness (QED) is 0.914. The molecule has 0 saturated carbocycles. The third kappa shape index (κ3) is 3.27. The molecule has 0 unspecified atom stereocenters. The van der Waals surface area contributed by atoms with Crippen LogP contribution in [0.1, 0.15) is 34.9 Å². The third-order valence-electron chi connectivity index (χ3n) is 3.81. The van der Waals surface area contributed by atoms with Gasteiger partial charge in [0.05, 0.1) is 11.3 Å². The number of rotatable bonds is 5. The van der Waals surface area contributed by atoms with Crippen LogP contribution in [0.15, 0.2) is 12.1 Å². The molecule has 114 valence electrons. The molecule has 0 aliphatic carbocycles. The van der Waals surface area contributed by atoms with Crippen molar-refractivity contribution in [1.29, 1.82) is 0 Å². The molecule has 0 saturated heterocycles. The van der Waals surface area contributed by atoms with Gasteiger partial charge in [0.25, 0.3) is 0 Å². The molecule has 0 spiro atoms. The van der Waals surface area contributed by atoms with Crippen molar-refractivity contribution in [2.24, 2.45) is 7.05 Å². The van der Waals surface area contributed by atoms with E-state index in [4.69, 9.17) is 4.74 Å². The molecule has 4 heteroatoms. The maximum absolute atomic E-state index is 6.21. The molecule has 4 nitrogen and oxygen atoms in total. The molecule has 1 aromatic heterocycles. The molecule has 0 aliphatic heterocycles. The minimum absolute atomic E-state index is 0.773. The van der Waals surface area contributed by atoms with Crippen LogP contribution in [-0.2, 0) is 13.6 Å². The summed E-state index contributed by atoms with van der Waals surface area (Å²) in [5.74, 6) is 1.73. The average molecular weight is 287 g/mol. The van der Waals surface area contributed by atoms with E-state index in [9.17, 15) is 0 Å². The maximum atomic E-state index is 6.21. The van der Waals surface area contributed by atoms with E-state index in [1.807, 2.05) is 18.7 Å². The van der Waals surface area contributed by atoms with E-state index in [2.05, 4.69) is 50.2 Å². The zero-order chi connectivity index (χ0) is 15.6.